The Morgan fingerprint density at radius 1 is 0.889 bits per heavy atom. The van der Waals surface area contributed by atoms with Crippen molar-refractivity contribution in [2.24, 2.45) is 23.7 Å². The SMILES string of the molecule is CCC[C@H](C)[C@H]1O[C@]2(C=C[C@@H]1C)C[C@@H]1C[C@@H](C/C=C(\C)[C@@H](O[C@H]3C[C@H](OC)[C@@H](O[C@H]4C[C@H](OC)[C@@H](O)[C@H](C)O4)[C@H](C)O3)[C@@H](C)/C=C/C=C3\CO[C@@H]4[C@H](O)C(C)=C[C@@H](C(=O)O1)[C@]34O)O2. The Balaban J connectivity index is 1.18. The maximum atomic E-state index is 14.4. The highest BCUT2D eigenvalue weighted by molar-refractivity contribution is 5.78. The minimum absolute atomic E-state index is 0.0320. The second-order valence-electron chi connectivity index (χ2n) is 19.3. The molecule has 4 fully saturated rings. The second-order valence-corrected chi connectivity index (χ2v) is 19.3. The molecule has 0 aromatic heterocycles. The minimum atomic E-state index is -1.84. The van der Waals surface area contributed by atoms with Crippen LogP contribution in [0.3, 0.4) is 0 Å². The first-order chi connectivity index (χ1) is 30.0. The van der Waals surface area contributed by atoms with E-state index in [1.807, 2.05) is 32.1 Å². The van der Waals surface area contributed by atoms with E-state index in [-0.39, 0.29) is 42.7 Å². The molecule has 0 aromatic carbocycles. The molecular formula is C49H74O14. The van der Waals surface area contributed by atoms with Gasteiger partial charge in [0.05, 0.1) is 49.3 Å². The Kier molecular flexibility index (Phi) is 15.7. The van der Waals surface area contributed by atoms with Gasteiger partial charge in [0.1, 0.15) is 42.0 Å². The zero-order chi connectivity index (χ0) is 45.4. The van der Waals surface area contributed by atoms with Gasteiger partial charge in [-0.15, -0.1) is 0 Å². The topological polar surface area (TPSA) is 170 Å². The number of methoxy groups -OCH3 is 2. The number of aliphatic hydroxyl groups is 3. The van der Waals surface area contributed by atoms with Crippen LogP contribution in [0.25, 0.3) is 0 Å². The average molecular weight is 887 g/mol. The van der Waals surface area contributed by atoms with Crippen LogP contribution in [0.5, 0.6) is 0 Å². The Morgan fingerprint density at radius 3 is 2.33 bits per heavy atom. The van der Waals surface area contributed by atoms with Crippen molar-refractivity contribution in [1.29, 1.82) is 0 Å². The second kappa shape index (κ2) is 20.3. The van der Waals surface area contributed by atoms with Crippen molar-refractivity contribution in [3.8, 4) is 0 Å². The zero-order valence-corrected chi connectivity index (χ0v) is 38.9. The lowest BCUT2D eigenvalue weighted by molar-refractivity contribution is -0.318. The molecule has 1 spiro atoms. The van der Waals surface area contributed by atoms with Gasteiger partial charge in [-0.05, 0) is 69.2 Å². The summed E-state index contributed by atoms with van der Waals surface area (Å²) in [5.74, 6) is -2.55. The summed E-state index contributed by atoms with van der Waals surface area (Å²) in [5.41, 5.74) is 0.137. The molecule has 14 heteroatoms. The van der Waals surface area contributed by atoms with Gasteiger partial charge in [0, 0.05) is 51.7 Å². The first kappa shape index (κ1) is 48.6. The fourth-order valence-corrected chi connectivity index (χ4v) is 10.9. The number of hydrogen-bond acceptors (Lipinski definition) is 14. The molecule has 6 heterocycles. The fraction of sp³-hybridized carbons (Fsp3) is 0.776. The van der Waals surface area contributed by atoms with Crippen LogP contribution >= 0.6 is 0 Å². The third-order valence-electron chi connectivity index (χ3n) is 14.6. The highest BCUT2D eigenvalue weighted by Crippen LogP contribution is 2.47. The van der Waals surface area contributed by atoms with Crippen LogP contribution in [-0.4, -0.2) is 139 Å². The van der Waals surface area contributed by atoms with E-state index in [4.69, 9.17) is 47.4 Å². The van der Waals surface area contributed by atoms with Crippen LogP contribution < -0.4 is 0 Å². The molecule has 354 valence electrons. The number of carbonyl (C=O) groups is 1. The molecule has 20 atom stereocenters. The molecule has 7 aliphatic rings. The molecule has 0 amide bonds. The smallest absolute Gasteiger partial charge is 0.316 e. The van der Waals surface area contributed by atoms with Crippen molar-refractivity contribution >= 4 is 5.97 Å². The Hall–Kier alpha value is -2.31. The lowest BCUT2D eigenvalue weighted by atomic mass is 9.71. The van der Waals surface area contributed by atoms with Gasteiger partial charge in [0.25, 0.3) is 0 Å². The maximum Gasteiger partial charge on any atom is 0.316 e. The van der Waals surface area contributed by atoms with Crippen LogP contribution in [0.15, 0.2) is 59.3 Å². The van der Waals surface area contributed by atoms with E-state index < -0.39 is 90.8 Å². The van der Waals surface area contributed by atoms with Crippen molar-refractivity contribution in [2.75, 3.05) is 20.8 Å². The van der Waals surface area contributed by atoms with Gasteiger partial charge in [0.2, 0.25) is 0 Å². The number of rotatable bonds is 9. The van der Waals surface area contributed by atoms with Gasteiger partial charge in [-0.25, -0.2) is 0 Å². The van der Waals surface area contributed by atoms with Crippen molar-refractivity contribution < 1.29 is 67.5 Å². The largest absolute Gasteiger partial charge is 0.462 e. The zero-order valence-electron chi connectivity index (χ0n) is 38.9. The van der Waals surface area contributed by atoms with E-state index in [2.05, 4.69) is 39.8 Å². The first-order valence-corrected chi connectivity index (χ1v) is 23.4. The molecule has 2 bridgehead atoms. The van der Waals surface area contributed by atoms with Crippen molar-refractivity contribution in [3.63, 3.8) is 0 Å². The highest BCUT2D eigenvalue weighted by Gasteiger charge is 2.60. The third kappa shape index (κ3) is 10.2. The Labute approximate surface area is 373 Å². The van der Waals surface area contributed by atoms with Crippen molar-refractivity contribution in [2.45, 2.75) is 198 Å². The first-order valence-electron chi connectivity index (χ1n) is 23.4. The van der Waals surface area contributed by atoms with Crippen LogP contribution in [0.4, 0.5) is 0 Å². The molecule has 7 rings (SSSR count). The molecule has 14 nitrogen and oxygen atoms in total. The number of ether oxygens (including phenoxy) is 10. The minimum Gasteiger partial charge on any atom is -0.462 e. The molecule has 0 unspecified atom stereocenters. The molecule has 63 heavy (non-hydrogen) atoms. The third-order valence-corrected chi connectivity index (χ3v) is 14.6. The highest BCUT2D eigenvalue weighted by atomic mass is 16.7. The van der Waals surface area contributed by atoms with Gasteiger partial charge in [-0.3, -0.25) is 4.79 Å². The summed E-state index contributed by atoms with van der Waals surface area (Å²) < 4.78 is 63.8. The van der Waals surface area contributed by atoms with Crippen LogP contribution in [-0.2, 0) is 52.2 Å². The van der Waals surface area contributed by atoms with Gasteiger partial charge in [0.15, 0.2) is 18.4 Å². The van der Waals surface area contributed by atoms with Crippen molar-refractivity contribution in [1.82, 2.24) is 0 Å². The summed E-state index contributed by atoms with van der Waals surface area (Å²) in [5, 5.41) is 34.3. The molecular weight excluding hydrogens is 813 g/mol. The van der Waals surface area contributed by atoms with Crippen LogP contribution in [0, 0.1) is 23.7 Å². The van der Waals surface area contributed by atoms with Crippen LogP contribution in [0.2, 0.25) is 0 Å². The summed E-state index contributed by atoms with van der Waals surface area (Å²) in [6.07, 6.45) is 9.69. The van der Waals surface area contributed by atoms with Gasteiger partial charge in [-0.1, -0.05) is 70.6 Å². The molecule has 4 saturated heterocycles. The number of fused-ring (bicyclic) bond motifs is 2. The number of aliphatic hydroxyl groups excluding tert-OH is 2. The van der Waals surface area contributed by atoms with Crippen molar-refractivity contribution in [3.05, 3.63) is 59.3 Å². The quantitative estimate of drug-likeness (QED) is 0.189. The van der Waals surface area contributed by atoms with Crippen LogP contribution in [0.1, 0.15) is 100 Å². The predicted octanol–water partition coefficient (Wildman–Crippen LogP) is 5.77. The number of esters is 1. The summed E-state index contributed by atoms with van der Waals surface area (Å²) in [7, 11) is 3.22. The summed E-state index contributed by atoms with van der Waals surface area (Å²) in [6, 6.07) is 0. The van der Waals surface area contributed by atoms with E-state index in [1.54, 1.807) is 40.2 Å². The van der Waals surface area contributed by atoms with E-state index in [0.717, 1.165) is 18.4 Å². The molecule has 0 aromatic rings. The van der Waals surface area contributed by atoms with Gasteiger partial charge in [-0.2, -0.15) is 0 Å². The fourth-order valence-electron chi connectivity index (χ4n) is 10.9. The lowest BCUT2D eigenvalue weighted by Crippen LogP contribution is -2.58. The molecule has 3 N–H and O–H groups in total. The summed E-state index contributed by atoms with van der Waals surface area (Å²) in [6.45, 7) is 16.2. The van der Waals surface area contributed by atoms with Gasteiger partial charge >= 0.3 is 5.97 Å². The molecule has 0 saturated carbocycles. The number of carbonyl (C=O) groups excluding carboxylic acids is 1. The standard InChI is InChI=1S/C49H74O14/c1-11-13-26(2)44-29(5)18-19-48(63-44)24-35-21-34(62-48)17-16-28(4)43(27(3)14-12-15-33-25-56-46-41(50)30(6)20-36(47(52)59-35)49(33,46)53)60-40-23-38(55-10)45(32(8)58-40)61-39-22-37(54-9)42(51)31(7)57-39/h12,14-16,18-20,26-27,29,31-32,34-46,50-51,53H,11,13,17,21-25H2,1-10H3/b14-12+,28-16+,33-15+/t26-,27-,29-,31-,32-,34+,35-,36-,37-,38-,39-,40-,41+,42-,43-,44+,45-,46+,48+,49+/m0/s1. The lowest BCUT2D eigenvalue weighted by Gasteiger charge is -2.48. The van der Waals surface area contributed by atoms with E-state index in [9.17, 15) is 20.1 Å². The summed E-state index contributed by atoms with van der Waals surface area (Å²) >= 11 is 0. The molecule has 0 radical (unpaired) electrons. The van der Waals surface area contributed by atoms with E-state index >= 15 is 0 Å². The Morgan fingerprint density at radius 2 is 1.60 bits per heavy atom. The normalized spacial score (nSPS) is 48.6. The number of allylic oxidation sites excluding steroid dienone is 2. The van der Waals surface area contributed by atoms with Gasteiger partial charge < -0.3 is 62.7 Å². The molecule has 6 aliphatic heterocycles. The predicted molar refractivity (Wildman–Crippen MR) is 232 cm³/mol. The monoisotopic (exact) mass is 887 g/mol. The summed E-state index contributed by atoms with van der Waals surface area (Å²) in [4.78, 5) is 14.4. The molecule has 1 aliphatic carbocycles. The average Bonchev–Trinajstić information content (AvgIpc) is 3.59. The maximum absolute atomic E-state index is 14.4. The number of hydrogen-bond donors (Lipinski definition) is 3. The Bertz CT molecular complexity index is 1740. The van der Waals surface area contributed by atoms with E-state index in [1.165, 1.54) is 0 Å². The van der Waals surface area contributed by atoms with E-state index in [0.29, 0.717) is 43.3 Å².